The molecule has 0 saturated carbocycles. The Balaban J connectivity index is 1.17. The summed E-state index contributed by atoms with van der Waals surface area (Å²) in [6.45, 7) is -10.0. The minimum Gasteiger partial charge on any atom is -0.386 e. The number of hydrogen-bond donors (Lipinski definition) is 6. The lowest BCUT2D eigenvalue weighted by molar-refractivity contribution is -0.0555. The normalized spacial score (nSPS) is 37.7. The van der Waals surface area contributed by atoms with Crippen molar-refractivity contribution in [2.24, 2.45) is 0 Å². The van der Waals surface area contributed by atoms with Gasteiger partial charge in [-0.05, 0) is 0 Å². The number of ether oxygens (including phenoxy) is 2. The molecule has 0 amide bonds. The number of fused-ring (bicyclic) bond motifs is 4. The SMILES string of the molecule is Nc1nc2c(ncn2[C@@H]2O[C@@H]3CO[P@](=O)(S)O[C@H]4[C@@H](O)[C@H](n5cnc6c(N)ncnc65)O[C@@H]4CO[P@](=O)(S)O[C@H]3[C@H]2F)c(=O)[nH]1. The fraction of sp³-hybridized carbons (Fsp3) is 0.500. The van der Waals surface area contributed by atoms with Crippen molar-refractivity contribution < 1.29 is 46.2 Å². The van der Waals surface area contributed by atoms with E-state index in [1.807, 2.05) is 0 Å². The first kappa shape index (κ1) is 30.9. The van der Waals surface area contributed by atoms with Crippen molar-refractivity contribution >= 4 is 72.2 Å². The van der Waals surface area contributed by atoms with Crippen LogP contribution in [0, 0.1) is 0 Å². The van der Waals surface area contributed by atoms with E-state index in [2.05, 4.69) is 54.4 Å². The predicted octanol–water partition coefficient (Wildman–Crippen LogP) is 0.511. The fourth-order valence-electron chi connectivity index (χ4n) is 5.28. The number of aromatic nitrogens is 8. The minimum atomic E-state index is -4.40. The van der Waals surface area contributed by atoms with Crippen molar-refractivity contribution in [3.63, 3.8) is 0 Å². The quantitative estimate of drug-likeness (QED) is 0.122. The fourth-order valence-corrected chi connectivity index (χ4v) is 8.25. The molecule has 7 rings (SSSR count). The zero-order valence-corrected chi connectivity index (χ0v) is 25.9. The highest BCUT2D eigenvalue weighted by molar-refractivity contribution is 8.44. The molecular formula is C20H23FN10O10P2S2. The van der Waals surface area contributed by atoms with Crippen molar-refractivity contribution in [3.05, 3.63) is 29.3 Å². The van der Waals surface area contributed by atoms with Crippen molar-refractivity contribution in [2.45, 2.75) is 49.1 Å². The topological polar surface area (TPSA) is 269 Å². The number of nitrogens with zero attached hydrogens (tertiary/aromatic N) is 7. The number of halogens is 1. The van der Waals surface area contributed by atoms with Crippen LogP contribution in [0.1, 0.15) is 12.5 Å². The minimum absolute atomic E-state index is 0.0789. The van der Waals surface area contributed by atoms with Crippen LogP contribution in [0.3, 0.4) is 0 Å². The third-order valence-corrected chi connectivity index (χ3v) is 10.5. The van der Waals surface area contributed by atoms with Crippen LogP contribution < -0.4 is 17.0 Å². The van der Waals surface area contributed by atoms with Crippen molar-refractivity contribution in [1.29, 1.82) is 0 Å². The molecule has 3 aliphatic heterocycles. The van der Waals surface area contributed by atoms with Gasteiger partial charge in [0.05, 0.1) is 25.9 Å². The Bertz CT molecular complexity index is 1950. The summed E-state index contributed by atoms with van der Waals surface area (Å²) in [4.78, 5) is 34.6. The van der Waals surface area contributed by atoms with Gasteiger partial charge in [0.25, 0.3) is 5.56 Å². The van der Waals surface area contributed by atoms with E-state index in [1.54, 1.807) is 0 Å². The number of nitrogens with two attached hydrogens (primary N) is 2. The van der Waals surface area contributed by atoms with Crippen molar-refractivity contribution in [3.8, 4) is 0 Å². The van der Waals surface area contributed by atoms with Crippen molar-refractivity contribution in [1.82, 2.24) is 39.0 Å². The maximum Gasteiger partial charge on any atom is 0.386 e. The highest BCUT2D eigenvalue weighted by atomic mass is 32.7. The van der Waals surface area contributed by atoms with E-state index in [4.69, 9.17) is 39.0 Å². The molecule has 3 aliphatic rings. The number of aromatic amines is 1. The van der Waals surface area contributed by atoms with Crippen LogP contribution in [-0.2, 0) is 36.7 Å². The molecule has 3 saturated heterocycles. The van der Waals surface area contributed by atoms with E-state index >= 15 is 4.39 Å². The summed E-state index contributed by atoms with van der Waals surface area (Å²) in [5, 5.41) is 11.2. The van der Waals surface area contributed by atoms with Crippen LogP contribution in [0.2, 0.25) is 0 Å². The Morgan fingerprint density at radius 1 is 0.911 bits per heavy atom. The second-order valence-corrected chi connectivity index (χ2v) is 15.8. The van der Waals surface area contributed by atoms with Gasteiger partial charge >= 0.3 is 13.6 Å². The second-order valence-electron chi connectivity index (χ2n) is 10.1. The van der Waals surface area contributed by atoms with Crippen LogP contribution in [0.25, 0.3) is 22.3 Å². The lowest BCUT2D eigenvalue weighted by atomic mass is 10.1. The van der Waals surface area contributed by atoms with Gasteiger partial charge in [0.1, 0.15) is 42.4 Å². The smallest absolute Gasteiger partial charge is 0.386 e. The number of thiol groups is 2. The van der Waals surface area contributed by atoms with Gasteiger partial charge in [-0.25, -0.2) is 33.5 Å². The zero-order chi connectivity index (χ0) is 31.8. The average Bonchev–Trinajstić information content (AvgIpc) is 3.72. The zero-order valence-electron chi connectivity index (χ0n) is 22.3. The first-order valence-electron chi connectivity index (χ1n) is 12.9. The van der Waals surface area contributed by atoms with Crippen LogP contribution >= 0.6 is 38.1 Å². The number of aliphatic hydroxyl groups excluding tert-OH is 1. The molecule has 0 aliphatic carbocycles. The van der Waals surface area contributed by atoms with E-state index in [0.717, 1.165) is 10.9 Å². The van der Waals surface area contributed by atoms with Gasteiger partial charge < -0.3 is 26.0 Å². The van der Waals surface area contributed by atoms with Gasteiger partial charge in [-0.2, -0.15) is 4.98 Å². The van der Waals surface area contributed by atoms with E-state index in [1.165, 1.54) is 17.2 Å². The van der Waals surface area contributed by atoms with Gasteiger partial charge in [-0.15, -0.1) is 0 Å². The monoisotopic (exact) mass is 708 g/mol. The molecule has 45 heavy (non-hydrogen) atoms. The first-order valence-corrected chi connectivity index (χ1v) is 18.3. The van der Waals surface area contributed by atoms with Crippen molar-refractivity contribution in [2.75, 3.05) is 24.7 Å². The Morgan fingerprint density at radius 2 is 1.51 bits per heavy atom. The average molecular weight is 709 g/mol. The van der Waals surface area contributed by atoms with Crippen LogP contribution in [0.15, 0.2) is 23.8 Å². The summed E-state index contributed by atoms with van der Waals surface area (Å²) in [6.07, 6.45) is -8.62. The summed E-state index contributed by atoms with van der Waals surface area (Å²) < 4.78 is 78.9. The van der Waals surface area contributed by atoms with E-state index in [0.29, 0.717) is 0 Å². The summed E-state index contributed by atoms with van der Waals surface area (Å²) in [5.74, 6) is -0.179. The number of nitrogen functional groups attached to an aromatic ring is 2. The van der Waals surface area contributed by atoms with Gasteiger partial charge in [-0.1, -0.05) is 24.5 Å². The maximum atomic E-state index is 16.0. The summed E-state index contributed by atoms with van der Waals surface area (Å²) in [7, 11) is 0. The van der Waals surface area contributed by atoms with Gasteiger partial charge in [-0.3, -0.25) is 37.0 Å². The lowest BCUT2D eigenvalue weighted by Crippen LogP contribution is -2.37. The number of H-pyrrole nitrogens is 1. The number of alkyl halides is 1. The van der Waals surface area contributed by atoms with Crippen LogP contribution in [-0.4, -0.2) is 94.0 Å². The third kappa shape index (κ3) is 5.54. The standard InChI is InChI=1S/C20H23FN10O10P2S2/c21-8-12-6(38-18(8)31-5-27-10-16(31)28-20(23)29-17(10)33)1-36-43(35,45)41-13-7(2-37-42(34,44)40-12)39-19(11(13)32)30-4-26-9-14(22)24-3-25-15(9)30/h3-8,11-13,18-19,32H,1-2H2,(H,34,44)(H,35,45)(H2,22,24,25)(H3,23,28,29,33)/t6-,7-,8-,11-,12-,13-,18-,19-,42+,43+/m1/s1. The third-order valence-electron chi connectivity index (χ3n) is 7.28. The van der Waals surface area contributed by atoms with Gasteiger partial charge in [0.15, 0.2) is 41.3 Å². The van der Waals surface area contributed by atoms with Crippen LogP contribution in [0.5, 0.6) is 0 Å². The lowest BCUT2D eigenvalue weighted by Gasteiger charge is -2.28. The highest BCUT2D eigenvalue weighted by Gasteiger charge is 2.54. The molecule has 4 aromatic rings. The number of aliphatic hydroxyl groups is 1. The molecule has 10 atom stereocenters. The molecule has 20 nitrogen and oxygen atoms in total. The molecule has 0 unspecified atom stereocenters. The Morgan fingerprint density at radius 3 is 2.22 bits per heavy atom. The number of rotatable bonds is 2. The molecule has 25 heteroatoms. The Hall–Kier alpha value is -2.69. The molecule has 0 radical (unpaired) electrons. The number of imidazole rings is 2. The van der Waals surface area contributed by atoms with Crippen LogP contribution in [0.4, 0.5) is 16.2 Å². The molecule has 242 valence electrons. The number of anilines is 2. The largest absolute Gasteiger partial charge is 0.386 e. The molecule has 0 aromatic carbocycles. The Kier molecular flexibility index (Phi) is 7.72. The molecule has 0 bridgehead atoms. The van der Waals surface area contributed by atoms with Gasteiger partial charge in [0, 0.05) is 0 Å². The highest BCUT2D eigenvalue weighted by Crippen LogP contribution is 2.60. The van der Waals surface area contributed by atoms with E-state index < -0.39 is 81.5 Å². The molecular weight excluding hydrogens is 685 g/mol. The summed E-state index contributed by atoms with van der Waals surface area (Å²) in [6, 6.07) is 0. The first-order chi connectivity index (χ1) is 21.3. The number of nitrogens with one attached hydrogen (secondary N) is 1. The van der Waals surface area contributed by atoms with E-state index in [9.17, 15) is 19.0 Å². The molecule has 0 spiro atoms. The predicted molar refractivity (Wildman–Crippen MR) is 156 cm³/mol. The maximum absolute atomic E-state index is 16.0. The number of hydrogen-bond acceptors (Lipinski definition) is 17. The molecule has 3 fully saturated rings. The van der Waals surface area contributed by atoms with Gasteiger partial charge in [0.2, 0.25) is 5.95 Å². The molecule has 7 heterocycles. The van der Waals surface area contributed by atoms with E-state index in [-0.39, 0.29) is 34.1 Å². The summed E-state index contributed by atoms with van der Waals surface area (Å²) in [5.41, 5.74) is 11.0. The molecule has 6 N–H and O–H groups in total. The Labute approximate surface area is 260 Å². The second kappa shape index (κ2) is 11.2. The summed E-state index contributed by atoms with van der Waals surface area (Å²) >= 11 is 8.03. The molecule has 4 aromatic heterocycles.